The summed E-state index contributed by atoms with van der Waals surface area (Å²) in [6.45, 7) is 2.92. The van der Waals surface area contributed by atoms with E-state index >= 15 is 0 Å². The predicted octanol–water partition coefficient (Wildman–Crippen LogP) is 5.97. The number of carboxylic acid groups (broad SMARTS) is 1. The number of unbranched alkanes of at least 4 members (excludes halogenated alkanes) is 2. The van der Waals surface area contributed by atoms with Gasteiger partial charge in [0, 0.05) is 37.3 Å². The summed E-state index contributed by atoms with van der Waals surface area (Å²) in [7, 11) is 0. The molecule has 0 amide bonds. The van der Waals surface area contributed by atoms with Crippen molar-refractivity contribution in [2.75, 3.05) is 0 Å². The monoisotopic (exact) mass is 474 g/mol. The average molecular weight is 475 g/mol. The first-order valence-electron chi connectivity index (χ1n) is 12.8. The molecule has 0 atom stereocenters. The van der Waals surface area contributed by atoms with Crippen LogP contribution in [0.2, 0.25) is 0 Å². The third kappa shape index (κ3) is 6.41. The van der Waals surface area contributed by atoms with Crippen LogP contribution < -0.4 is 0 Å². The summed E-state index contributed by atoms with van der Waals surface area (Å²) < 4.78 is 1.90. The Morgan fingerprint density at radius 2 is 1.83 bits per heavy atom. The summed E-state index contributed by atoms with van der Waals surface area (Å²) in [6.07, 6.45) is 13.4. The molecule has 1 aliphatic carbocycles. The van der Waals surface area contributed by atoms with E-state index in [-0.39, 0.29) is 11.3 Å². The Bertz CT molecular complexity index is 1150. The van der Waals surface area contributed by atoms with E-state index in [0.717, 1.165) is 55.6 Å². The predicted molar refractivity (Wildman–Crippen MR) is 135 cm³/mol. The highest BCUT2D eigenvalue weighted by Gasteiger charge is 2.22. The van der Waals surface area contributed by atoms with Gasteiger partial charge in [0.25, 0.3) is 0 Å². The normalized spacial score (nSPS) is 14.2. The van der Waals surface area contributed by atoms with Crippen LogP contribution in [0, 0.1) is 5.92 Å². The van der Waals surface area contributed by atoms with E-state index in [0.29, 0.717) is 30.1 Å². The molecule has 2 heterocycles. The lowest BCUT2D eigenvalue weighted by atomic mass is 9.86. The molecule has 4 rings (SSSR count). The van der Waals surface area contributed by atoms with Crippen LogP contribution in [0.5, 0.6) is 0 Å². The molecular weight excluding hydrogens is 440 g/mol. The van der Waals surface area contributed by atoms with Crippen molar-refractivity contribution in [3.05, 3.63) is 65.5 Å². The molecule has 0 unspecified atom stereocenters. The number of nitrogens with zero attached hydrogens (tertiary/aromatic N) is 4. The SMILES string of the molecule is CCCCCn1nc(C(=O)CC2CCCCC2)nc1Cc1ccc(-c2cnccc2C(=O)O)cc1. The van der Waals surface area contributed by atoms with Gasteiger partial charge in [-0.2, -0.15) is 0 Å². The Hall–Kier alpha value is -3.35. The van der Waals surface area contributed by atoms with E-state index in [2.05, 4.69) is 22.0 Å². The number of carboxylic acids is 1. The molecule has 1 saturated carbocycles. The zero-order valence-corrected chi connectivity index (χ0v) is 20.4. The van der Waals surface area contributed by atoms with Gasteiger partial charge in [0.05, 0.1) is 5.56 Å². The minimum Gasteiger partial charge on any atom is -0.478 e. The lowest BCUT2D eigenvalue weighted by Crippen LogP contribution is -2.13. The maximum Gasteiger partial charge on any atom is 0.336 e. The summed E-state index contributed by atoms with van der Waals surface area (Å²) in [6, 6.07) is 9.28. The number of rotatable bonds is 11. The number of benzene rings is 1. The van der Waals surface area contributed by atoms with E-state index in [1.54, 1.807) is 6.20 Å². The summed E-state index contributed by atoms with van der Waals surface area (Å²) in [5, 5.41) is 14.1. The minimum absolute atomic E-state index is 0.0560. The number of hydrogen-bond acceptors (Lipinski definition) is 5. The first-order valence-corrected chi connectivity index (χ1v) is 12.8. The first kappa shape index (κ1) is 24.8. The van der Waals surface area contributed by atoms with Gasteiger partial charge in [-0.25, -0.2) is 14.5 Å². The lowest BCUT2D eigenvalue weighted by molar-refractivity contribution is 0.0697. The van der Waals surface area contributed by atoms with Gasteiger partial charge in [-0.3, -0.25) is 9.78 Å². The molecule has 7 heteroatoms. The molecule has 3 aromatic rings. The van der Waals surface area contributed by atoms with Gasteiger partial charge in [0.2, 0.25) is 11.6 Å². The van der Waals surface area contributed by atoms with Gasteiger partial charge in [0.15, 0.2) is 0 Å². The number of aromatic carboxylic acids is 1. The van der Waals surface area contributed by atoms with Gasteiger partial charge >= 0.3 is 5.97 Å². The van der Waals surface area contributed by atoms with Crippen LogP contribution in [0.3, 0.4) is 0 Å². The van der Waals surface area contributed by atoms with Crippen LogP contribution in [0.15, 0.2) is 42.7 Å². The Balaban J connectivity index is 1.52. The molecule has 0 aliphatic heterocycles. The quantitative estimate of drug-likeness (QED) is 0.271. The van der Waals surface area contributed by atoms with E-state index in [4.69, 9.17) is 0 Å². The van der Waals surface area contributed by atoms with Crippen molar-refractivity contribution in [1.29, 1.82) is 0 Å². The number of pyridine rings is 1. The van der Waals surface area contributed by atoms with Crippen molar-refractivity contribution in [3.63, 3.8) is 0 Å². The van der Waals surface area contributed by atoms with Gasteiger partial charge in [-0.15, -0.1) is 5.10 Å². The van der Waals surface area contributed by atoms with Crippen LogP contribution in [-0.2, 0) is 13.0 Å². The Morgan fingerprint density at radius 1 is 1.06 bits per heavy atom. The van der Waals surface area contributed by atoms with Crippen molar-refractivity contribution in [3.8, 4) is 11.1 Å². The molecule has 0 bridgehead atoms. The highest BCUT2D eigenvalue weighted by molar-refractivity contribution is 5.95. The maximum absolute atomic E-state index is 13.0. The molecule has 0 radical (unpaired) electrons. The van der Waals surface area contributed by atoms with Crippen LogP contribution >= 0.6 is 0 Å². The number of carbonyl (C=O) groups excluding carboxylic acids is 1. The minimum atomic E-state index is -0.975. The Morgan fingerprint density at radius 3 is 2.54 bits per heavy atom. The van der Waals surface area contributed by atoms with Crippen LogP contribution in [0.4, 0.5) is 0 Å². The van der Waals surface area contributed by atoms with Crippen molar-refractivity contribution < 1.29 is 14.7 Å². The second kappa shape index (κ2) is 11.9. The smallest absolute Gasteiger partial charge is 0.336 e. The van der Waals surface area contributed by atoms with E-state index in [1.165, 1.54) is 31.5 Å². The fraction of sp³-hybridized carbons (Fsp3) is 0.464. The summed E-state index contributed by atoms with van der Waals surface area (Å²) in [5.41, 5.74) is 2.64. The number of carbonyl (C=O) groups is 2. The third-order valence-corrected chi connectivity index (χ3v) is 6.85. The second-order valence-corrected chi connectivity index (χ2v) is 9.51. The van der Waals surface area contributed by atoms with Gasteiger partial charge in [-0.05, 0) is 29.5 Å². The molecule has 35 heavy (non-hydrogen) atoms. The molecule has 7 nitrogen and oxygen atoms in total. The Labute approximate surface area is 206 Å². The fourth-order valence-corrected chi connectivity index (χ4v) is 4.85. The highest BCUT2D eigenvalue weighted by atomic mass is 16.4. The lowest BCUT2D eigenvalue weighted by Gasteiger charge is -2.19. The molecule has 0 spiro atoms. The molecule has 1 N–H and O–H groups in total. The molecule has 0 saturated heterocycles. The maximum atomic E-state index is 13.0. The van der Waals surface area contributed by atoms with Crippen molar-refractivity contribution in [2.45, 2.75) is 77.7 Å². The molecule has 1 fully saturated rings. The number of Topliss-reactive ketones (excluding diaryl/α,β-unsaturated/α-hetero) is 1. The standard InChI is InChI=1S/C28H34N4O3/c1-2-3-7-16-32-26(30-27(31-32)25(33)17-20-8-5-4-6-9-20)18-21-10-12-22(13-11-21)24-19-29-15-14-23(24)28(34)35/h10-15,19-20H,2-9,16-18H2,1H3,(H,34,35). The van der Waals surface area contributed by atoms with Gasteiger partial charge in [-0.1, -0.05) is 76.1 Å². The van der Waals surface area contributed by atoms with E-state index < -0.39 is 5.97 Å². The zero-order valence-electron chi connectivity index (χ0n) is 20.4. The van der Waals surface area contributed by atoms with Crippen molar-refractivity contribution >= 4 is 11.8 Å². The van der Waals surface area contributed by atoms with Gasteiger partial charge in [0.1, 0.15) is 5.82 Å². The van der Waals surface area contributed by atoms with Crippen LogP contribution in [0.25, 0.3) is 11.1 Å². The number of ketones is 1. The van der Waals surface area contributed by atoms with Crippen LogP contribution in [0.1, 0.15) is 97.1 Å². The van der Waals surface area contributed by atoms with Crippen LogP contribution in [-0.4, -0.2) is 36.6 Å². The zero-order chi connectivity index (χ0) is 24.6. The second-order valence-electron chi connectivity index (χ2n) is 9.51. The first-order chi connectivity index (χ1) is 17.0. The molecule has 1 aromatic carbocycles. The van der Waals surface area contributed by atoms with Crippen molar-refractivity contribution in [2.24, 2.45) is 5.92 Å². The largest absolute Gasteiger partial charge is 0.478 e. The third-order valence-electron chi connectivity index (χ3n) is 6.85. The Kier molecular flexibility index (Phi) is 8.40. The topological polar surface area (TPSA) is 98.0 Å². The molecule has 1 aliphatic rings. The average Bonchev–Trinajstić information content (AvgIpc) is 3.28. The number of aryl methyl sites for hydroxylation is 1. The van der Waals surface area contributed by atoms with Gasteiger partial charge < -0.3 is 5.11 Å². The summed E-state index contributed by atoms with van der Waals surface area (Å²) in [4.78, 5) is 33.3. The highest BCUT2D eigenvalue weighted by Crippen LogP contribution is 2.27. The van der Waals surface area contributed by atoms with Crippen molar-refractivity contribution in [1.82, 2.24) is 19.7 Å². The summed E-state index contributed by atoms with van der Waals surface area (Å²) >= 11 is 0. The molecule has 2 aromatic heterocycles. The molecular formula is C28H34N4O3. The number of hydrogen-bond donors (Lipinski definition) is 1. The van der Waals surface area contributed by atoms with E-state index in [1.807, 2.05) is 28.9 Å². The number of aromatic nitrogens is 4. The molecule has 184 valence electrons. The van der Waals surface area contributed by atoms with E-state index in [9.17, 15) is 14.7 Å². The summed E-state index contributed by atoms with van der Waals surface area (Å²) in [5.74, 6) is 0.689. The fourth-order valence-electron chi connectivity index (χ4n) is 4.85.